The van der Waals surface area contributed by atoms with Crippen molar-refractivity contribution >= 4 is 12.0 Å². The summed E-state index contributed by atoms with van der Waals surface area (Å²) in [5.41, 5.74) is 0. The van der Waals surface area contributed by atoms with Crippen LogP contribution in [0.5, 0.6) is 0 Å². The molecule has 2 fully saturated rings. The molecule has 0 aliphatic heterocycles. The number of amides is 2. The van der Waals surface area contributed by atoms with E-state index in [4.69, 9.17) is 5.11 Å². The Balaban J connectivity index is 1.87. The molecule has 0 bridgehead atoms. The summed E-state index contributed by atoms with van der Waals surface area (Å²) in [6, 6.07) is 0.391. The maximum atomic E-state index is 12.4. The molecule has 0 heterocycles. The summed E-state index contributed by atoms with van der Waals surface area (Å²) in [6.45, 7) is 2.74. The third-order valence-corrected chi connectivity index (χ3v) is 4.72. The van der Waals surface area contributed by atoms with E-state index in [-0.39, 0.29) is 18.0 Å². The van der Waals surface area contributed by atoms with Crippen molar-refractivity contribution in [1.82, 2.24) is 10.2 Å². The van der Waals surface area contributed by atoms with Crippen LogP contribution >= 0.6 is 0 Å². The summed E-state index contributed by atoms with van der Waals surface area (Å²) < 4.78 is 0. The number of carbonyl (C=O) groups is 2. The lowest BCUT2D eigenvalue weighted by Gasteiger charge is -2.32. The highest BCUT2D eigenvalue weighted by Crippen LogP contribution is 2.26. The normalized spacial score (nSPS) is 27.2. The van der Waals surface area contributed by atoms with Gasteiger partial charge in [-0.25, -0.2) is 4.79 Å². The van der Waals surface area contributed by atoms with Crippen LogP contribution in [-0.4, -0.2) is 40.6 Å². The number of carbonyl (C=O) groups excluding carboxylic acids is 1. The van der Waals surface area contributed by atoms with Crippen molar-refractivity contribution in [2.24, 2.45) is 5.92 Å². The molecule has 0 aromatic rings. The molecule has 2 atom stereocenters. The van der Waals surface area contributed by atoms with Gasteiger partial charge >= 0.3 is 12.0 Å². The highest BCUT2D eigenvalue weighted by molar-refractivity contribution is 5.75. The van der Waals surface area contributed by atoms with Crippen LogP contribution in [0.25, 0.3) is 0 Å². The van der Waals surface area contributed by atoms with Gasteiger partial charge in [0.05, 0.1) is 5.92 Å². The number of nitrogens with one attached hydrogen (secondary N) is 1. The molecule has 2 N–H and O–H groups in total. The third kappa shape index (κ3) is 3.64. The average molecular weight is 282 g/mol. The van der Waals surface area contributed by atoms with E-state index in [0.29, 0.717) is 12.5 Å². The van der Waals surface area contributed by atoms with Crippen LogP contribution in [0.3, 0.4) is 0 Å². The molecule has 0 radical (unpaired) electrons. The number of nitrogens with zero attached hydrogens (tertiary/aromatic N) is 1. The largest absolute Gasteiger partial charge is 0.481 e. The first-order valence-corrected chi connectivity index (χ1v) is 7.91. The topological polar surface area (TPSA) is 69.6 Å². The van der Waals surface area contributed by atoms with Crippen LogP contribution in [0.4, 0.5) is 4.79 Å². The number of rotatable bonds is 4. The molecule has 0 spiro atoms. The molecule has 5 nitrogen and oxygen atoms in total. The zero-order valence-corrected chi connectivity index (χ0v) is 12.3. The second-order valence-electron chi connectivity index (χ2n) is 6.07. The molecule has 2 unspecified atom stereocenters. The summed E-state index contributed by atoms with van der Waals surface area (Å²) in [4.78, 5) is 25.4. The number of carboxylic acids is 1. The molecule has 0 aromatic heterocycles. The van der Waals surface area contributed by atoms with Gasteiger partial charge < -0.3 is 15.3 Å². The van der Waals surface area contributed by atoms with Crippen molar-refractivity contribution < 1.29 is 14.7 Å². The fourth-order valence-electron chi connectivity index (χ4n) is 3.59. The molecule has 2 aliphatic carbocycles. The zero-order valence-electron chi connectivity index (χ0n) is 12.3. The maximum absolute atomic E-state index is 12.4. The Hall–Kier alpha value is -1.26. The first kappa shape index (κ1) is 15.1. The van der Waals surface area contributed by atoms with E-state index in [1.165, 1.54) is 12.8 Å². The van der Waals surface area contributed by atoms with Crippen molar-refractivity contribution in [3.8, 4) is 0 Å². The van der Waals surface area contributed by atoms with Crippen LogP contribution < -0.4 is 5.32 Å². The monoisotopic (exact) mass is 282 g/mol. The van der Waals surface area contributed by atoms with E-state index in [2.05, 4.69) is 5.32 Å². The zero-order chi connectivity index (χ0) is 14.5. The predicted molar refractivity (Wildman–Crippen MR) is 76.5 cm³/mol. The predicted octanol–water partition coefficient (Wildman–Crippen LogP) is 2.60. The molecule has 2 rings (SSSR count). The molecule has 2 aliphatic rings. The fourth-order valence-corrected chi connectivity index (χ4v) is 3.59. The molecule has 114 valence electrons. The molecule has 20 heavy (non-hydrogen) atoms. The SMILES string of the molecule is CCN(C(=O)NC1CCCC(C(=O)O)C1)C1CCCC1. The Bertz CT molecular complexity index is 353. The van der Waals surface area contributed by atoms with Gasteiger partial charge in [0.1, 0.15) is 0 Å². The minimum Gasteiger partial charge on any atom is -0.481 e. The molecule has 5 heteroatoms. The molecular formula is C15H26N2O3. The lowest BCUT2D eigenvalue weighted by Crippen LogP contribution is -2.49. The van der Waals surface area contributed by atoms with Gasteiger partial charge in [0.25, 0.3) is 0 Å². The van der Waals surface area contributed by atoms with Gasteiger partial charge in [-0.1, -0.05) is 19.3 Å². The molecule has 0 saturated heterocycles. The minimum atomic E-state index is -0.730. The van der Waals surface area contributed by atoms with E-state index in [1.54, 1.807) is 0 Å². The number of urea groups is 1. The number of aliphatic carboxylic acids is 1. The number of hydrogen-bond donors (Lipinski definition) is 2. The van der Waals surface area contributed by atoms with Gasteiger partial charge in [-0.15, -0.1) is 0 Å². The number of hydrogen-bond acceptors (Lipinski definition) is 2. The summed E-state index contributed by atoms with van der Waals surface area (Å²) in [6.07, 6.45) is 7.71. The first-order chi connectivity index (χ1) is 9.61. The Morgan fingerprint density at radius 2 is 1.85 bits per heavy atom. The average Bonchev–Trinajstić information content (AvgIpc) is 2.93. The van der Waals surface area contributed by atoms with E-state index in [1.807, 2.05) is 11.8 Å². The van der Waals surface area contributed by atoms with E-state index in [0.717, 1.165) is 38.6 Å². The van der Waals surface area contributed by atoms with Crippen molar-refractivity contribution in [2.75, 3.05) is 6.54 Å². The quantitative estimate of drug-likeness (QED) is 0.832. The summed E-state index contributed by atoms with van der Waals surface area (Å²) in [7, 11) is 0. The van der Waals surface area contributed by atoms with Crippen LogP contribution in [0.1, 0.15) is 58.3 Å². The Kier molecular flexibility index (Phi) is 5.26. The maximum Gasteiger partial charge on any atom is 0.317 e. The van der Waals surface area contributed by atoms with Crippen LogP contribution in [-0.2, 0) is 4.79 Å². The molecular weight excluding hydrogens is 256 g/mol. The Morgan fingerprint density at radius 3 is 2.45 bits per heavy atom. The standard InChI is InChI=1S/C15H26N2O3/c1-2-17(13-8-3-4-9-13)15(20)16-12-7-5-6-11(10-12)14(18)19/h11-13H,2-10H2,1H3,(H,16,20)(H,18,19). The van der Waals surface area contributed by atoms with Crippen LogP contribution in [0, 0.1) is 5.92 Å². The van der Waals surface area contributed by atoms with Crippen LogP contribution in [0.2, 0.25) is 0 Å². The van der Waals surface area contributed by atoms with Gasteiger partial charge in [-0.3, -0.25) is 4.79 Å². The van der Waals surface area contributed by atoms with Gasteiger partial charge in [-0.05, 0) is 39.0 Å². The smallest absolute Gasteiger partial charge is 0.317 e. The Morgan fingerprint density at radius 1 is 1.15 bits per heavy atom. The van der Waals surface area contributed by atoms with Crippen molar-refractivity contribution in [3.63, 3.8) is 0 Å². The molecule has 2 saturated carbocycles. The highest BCUT2D eigenvalue weighted by Gasteiger charge is 2.30. The second kappa shape index (κ2) is 6.95. The minimum absolute atomic E-state index is 0.00422. The molecule has 0 aromatic carbocycles. The summed E-state index contributed by atoms with van der Waals surface area (Å²) >= 11 is 0. The first-order valence-electron chi connectivity index (χ1n) is 7.91. The van der Waals surface area contributed by atoms with Crippen molar-refractivity contribution in [3.05, 3.63) is 0 Å². The molecule has 2 amide bonds. The van der Waals surface area contributed by atoms with Crippen molar-refractivity contribution in [1.29, 1.82) is 0 Å². The van der Waals surface area contributed by atoms with Crippen LogP contribution in [0.15, 0.2) is 0 Å². The number of carboxylic acid groups (broad SMARTS) is 1. The fraction of sp³-hybridized carbons (Fsp3) is 0.867. The lowest BCUT2D eigenvalue weighted by molar-refractivity contribution is -0.143. The van der Waals surface area contributed by atoms with E-state index >= 15 is 0 Å². The van der Waals surface area contributed by atoms with Gasteiger partial charge in [-0.2, -0.15) is 0 Å². The van der Waals surface area contributed by atoms with Crippen molar-refractivity contribution in [2.45, 2.75) is 70.4 Å². The third-order valence-electron chi connectivity index (χ3n) is 4.72. The lowest BCUT2D eigenvalue weighted by atomic mass is 9.86. The summed E-state index contributed by atoms with van der Waals surface area (Å²) in [5, 5.41) is 12.2. The second-order valence-corrected chi connectivity index (χ2v) is 6.07. The van der Waals surface area contributed by atoms with Gasteiger partial charge in [0.2, 0.25) is 0 Å². The highest BCUT2D eigenvalue weighted by atomic mass is 16.4. The summed E-state index contributed by atoms with van der Waals surface area (Å²) in [5.74, 6) is -1.03. The van der Waals surface area contributed by atoms with E-state index < -0.39 is 5.97 Å². The van der Waals surface area contributed by atoms with E-state index in [9.17, 15) is 9.59 Å². The Labute approximate surface area is 120 Å². The van der Waals surface area contributed by atoms with Gasteiger partial charge in [0, 0.05) is 18.6 Å². The van der Waals surface area contributed by atoms with Gasteiger partial charge in [0.15, 0.2) is 0 Å².